The van der Waals surface area contributed by atoms with Gasteiger partial charge >= 0.3 is 0 Å². The average molecular weight is 384 g/mol. The van der Waals surface area contributed by atoms with Crippen molar-refractivity contribution in [2.45, 2.75) is 19.4 Å². The Labute approximate surface area is 163 Å². The Kier molecular flexibility index (Phi) is 6.41. The summed E-state index contributed by atoms with van der Waals surface area (Å²) in [6, 6.07) is 10.8. The highest BCUT2D eigenvalue weighted by atomic mass is 19.1. The van der Waals surface area contributed by atoms with Crippen LogP contribution in [0.25, 0.3) is 5.65 Å². The second kappa shape index (κ2) is 9.16. The highest BCUT2D eigenvalue weighted by molar-refractivity contribution is 5.79. The van der Waals surface area contributed by atoms with E-state index in [1.807, 2.05) is 46.8 Å². The van der Waals surface area contributed by atoms with Crippen LogP contribution in [0.15, 0.2) is 47.6 Å². The van der Waals surface area contributed by atoms with E-state index in [1.54, 1.807) is 13.1 Å². The molecule has 0 fully saturated rings. The number of rotatable bonds is 7. The first kappa shape index (κ1) is 19.6. The van der Waals surface area contributed by atoms with E-state index < -0.39 is 0 Å². The standard InChI is InChI=1S/C20H25FN6O/c1-22-20(26(2)14-15-9-10-17(28-3)16(21)13-15)23-11-6-8-19-25-24-18-7-4-5-12-27(18)19/h4-5,7,9-10,12-13H,6,8,11,14H2,1-3H3,(H,22,23). The molecule has 148 valence electrons. The number of methoxy groups -OCH3 is 1. The topological polar surface area (TPSA) is 67.0 Å². The molecule has 0 bridgehead atoms. The fourth-order valence-electron chi connectivity index (χ4n) is 3.05. The molecule has 0 spiro atoms. The first-order valence-corrected chi connectivity index (χ1v) is 9.15. The predicted molar refractivity (Wildman–Crippen MR) is 107 cm³/mol. The predicted octanol–water partition coefficient (Wildman–Crippen LogP) is 2.52. The van der Waals surface area contributed by atoms with Crippen LogP contribution in [0.4, 0.5) is 4.39 Å². The van der Waals surface area contributed by atoms with Crippen LogP contribution in [0, 0.1) is 5.82 Å². The van der Waals surface area contributed by atoms with Crippen LogP contribution in [0.5, 0.6) is 5.75 Å². The minimum Gasteiger partial charge on any atom is -0.494 e. The smallest absolute Gasteiger partial charge is 0.193 e. The van der Waals surface area contributed by atoms with Crippen molar-refractivity contribution in [2.24, 2.45) is 4.99 Å². The number of nitrogens with one attached hydrogen (secondary N) is 1. The van der Waals surface area contributed by atoms with Gasteiger partial charge in [0, 0.05) is 39.8 Å². The summed E-state index contributed by atoms with van der Waals surface area (Å²) in [7, 11) is 5.11. The Morgan fingerprint density at radius 2 is 2.14 bits per heavy atom. The van der Waals surface area contributed by atoms with E-state index in [2.05, 4.69) is 20.5 Å². The number of aliphatic imine (C=N–C) groups is 1. The molecule has 1 aromatic carbocycles. The van der Waals surface area contributed by atoms with Gasteiger partial charge in [-0.2, -0.15) is 0 Å². The van der Waals surface area contributed by atoms with E-state index in [9.17, 15) is 4.39 Å². The maximum atomic E-state index is 13.9. The number of ether oxygens (including phenoxy) is 1. The lowest BCUT2D eigenvalue weighted by Crippen LogP contribution is -2.39. The van der Waals surface area contributed by atoms with Gasteiger partial charge in [0.1, 0.15) is 5.82 Å². The van der Waals surface area contributed by atoms with Crippen LogP contribution in [0.1, 0.15) is 17.8 Å². The summed E-state index contributed by atoms with van der Waals surface area (Å²) in [5, 5.41) is 11.7. The van der Waals surface area contributed by atoms with Gasteiger partial charge < -0.3 is 15.0 Å². The minimum atomic E-state index is -0.364. The normalized spacial score (nSPS) is 11.6. The largest absolute Gasteiger partial charge is 0.494 e. The first-order valence-electron chi connectivity index (χ1n) is 9.15. The first-order chi connectivity index (χ1) is 13.6. The maximum Gasteiger partial charge on any atom is 0.193 e. The van der Waals surface area contributed by atoms with Crippen LogP contribution in [-0.4, -0.2) is 53.2 Å². The van der Waals surface area contributed by atoms with Gasteiger partial charge in [-0.3, -0.25) is 9.39 Å². The van der Waals surface area contributed by atoms with Crippen molar-refractivity contribution in [1.82, 2.24) is 24.8 Å². The molecule has 8 heteroatoms. The lowest BCUT2D eigenvalue weighted by atomic mass is 10.2. The number of halogens is 1. The van der Waals surface area contributed by atoms with Crippen molar-refractivity contribution in [1.29, 1.82) is 0 Å². The van der Waals surface area contributed by atoms with Gasteiger partial charge in [0.2, 0.25) is 0 Å². The Bertz CT molecular complexity index is 955. The Morgan fingerprint density at radius 1 is 1.29 bits per heavy atom. The Balaban J connectivity index is 1.50. The van der Waals surface area contributed by atoms with Crippen molar-refractivity contribution >= 4 is 11.6 Å². The summed E-state index contributed by atoms with van der Waals surface area (Å²) in [4.78, 5) is 6.26. The Hall–Kier alpha value is -3.16. The Morgan fingerprint density at radius 3 is 2.89 bits per heavy atom. The SMILES string of the molecule is CN=C(NCCCc1nnc2ccccn12)N(C)Cc1ccc(OC)c(F)c1. The number of hydrogen-bond donors (Lipinski definition) is 1. The third kappa shape index (κ3) is 4.57. The maximum absolute atomic E-state index is 13.9. The number of nitrogens with zero attached hydrogens (tertiary/aromatic N) is 5. The number of pyridine rings is 1. The molecule has 0 saturated carbocycles. The summed E-state index contributed by atoms with van der Waals surface area (Å²) in [6.07, 6.45) is 3.67. The minimum absolute atomic E-state index is 0.245. The van der Waals surface area contributed by atoms with Crippen molar-refractivity contribution in [3.63, 3.8) is 0 Å². The molecule has 0 unspecified atom stereocenters. The number of aromatic nitrogens is 3. The molecule has 1 N–H and O–H groups in total. The molecule has 0 aliphatic rings. The van der Waals surface area contributed by atoms with E-state index in [4.69, 9.17) is 4.74 Å². The highest BCUT2D eigenvalue weighted by Gasteiger charge is 2.10. The molecule has 2 heterocycles. The number of benzene rings is 1. The van der Waals surface area contributed by atoms with Gasteiger partial charge in [-0.1, -0.05) is 12.1 Å². The zero-order valence-corrected chi connectivity index (χ0v) is 16.4. The summed E-state index contributed by atoms with van der Waals surface area (Å²) in [5.41, 5.74) is 1.70. The molecule has 0 saturated heterocycles. The number of guanidine groups is 1. The average Bonchev–Trinajstić information content (AvgIpc) is 3.11. The molecule has 3 rings (SSSR count). The zero-order chi connectivity index (χ0) is 19.9. The summed E-state index contributed by atoms with van der Waals surface area (Å²) in [6.45, 7) is 1.28. The number of hydrogen-bond acceptors (Lipinski definition) is 4. The summed E-state index contributed by atoms with van der Waals surface area (Å²) in [5.74, 6) is 1.57. The molecular formula is C20H25FN6O. The summed E-state index contributed by atoms with van der Waals surface area (Å²) < 4.78 is 20.8. The fourth-order valence-corrected chi connectivity index (χ4v) is 3.05. The van der Waals surface area contributed by atoms with Gasteiger partial charge in [0.25, 0.3) is 0 Å². The molecule has 0 aliphatic heterocycles. The van der Waals surface area contributed by atoms with Crippen LogP contribution >= 0.6 is 0 Å². The molecule has 3 aromatic rings. The van der Waals surface area contributed by atoms with Gasteiger partial charge in [-0.05, 0) is 36.2 Å². The molecule has 0 amide bonds. The van der Waals surface area contributed by atoms with Crippen LogP contribution in [0.2, 0.25) is 0 Å². The van der Waals surface area contributed by atoms with E-state index in [0.717, 1.165) is 42.4 Å². The lowest BCUT2D eigenvalue weighted by Gasteiger charge is -2.22. The number of aryl methyl sites for hydroxylation is 1. The quantitative estimate of drug-likeness (QED) is 0.385. The van der Waals surface area contributed by atoms with Gasteiger partial charge in [0.05, 0.1) is 7.11 Å². The number of fused-ring (bicyclic) bond motifs is 1. The molecule has 0 aliphatic carbocycles. The van der Waals surface area contributed by atoms with Crippen molar-refractivity contribution in [3.8, 4) is 5.75 Å². The van der Waals surface area contributed by atoms with Crippen LogP contribution < -0.4 is 10.1 Å². The lowest BCUT2D eigenvalue weighted by molar-refractivity contribution is 0.385. The molecular weight excluding hydrogens is 359 g/mol. The third-order valence-electron chi connectivity index (χ3n) is 4.45. The van der Waals surface area contributed by atoms with Crippen LogP contribution in [-0.2, 0) is 13.0 Å². The second-order valence-electron chi connectivity index (χ2n) is 6.45. The van der Waals surface area contributed by atoms with Crippen molar-refractivity contribution < 1.29 is 9.13 Å². The molecule has 28 heavy (non-hydrogen) atoms. The fraction of sp³-hybridized carbons (Fsp3) is 0.350. The highest BCUT2D eigenvalue weighted by Crippen LogP contribution is 2.18. The second-order valence-corrected chi connectivity index (χ2v) is 6.45. The van der Waals surface area contributed by atoms with Crippen LogP contribution in [0.3, 0.4) is 0 Å². The van der Waals surface area contributed by atoms with E-state index >= 15 is 0 Å². The van der Waals surface area contributed by atoms with Crippen molar-refractivity contribution in [3.05, 3.63) is 59.8 Å². The molecule has 0 radical (unpaired) electrons. The van der Waals surface area contributed by atoms with Gasteiger partial charge in [-0.25, -0.2) is 4.39 Å². The van der Waals surface area contributed by atoms with E-state index in [-0.39, 0.29) is 11.6 Å². The molecule has 2 aromatic heterocycles. The molecule has 0 atom stereocenters. The van der Waals surface area contributed by atoms with Gasteiger partial charge in [0.15, 0.2) is 23.2 Å². The monoisotopic (exact) mass is 384 g/mol. The zero-order valence-electron chi connectivity index (χ0n) is 16.4. The third-order valence-corrected chi connectivity index (χ3v) is 4.45. The molecule has 7 nitrogen and oxygen atoms in total. The van der Waals surface area contributed by atoms with Crippen molar-refractivity contribution in [2.75, 3.05) is 27.7 Å². The summed E-state index contributed by atoms with van der Waals surface area (Å²) >= 11 is 0. The van der Waals surface area contributed by atoms with E-state index in [0.29, 0.717) is 6.54 Å². The van der Waals surface area contributed by atoms with Gasteiger partial charge in [-0.15, -0.1) is 10.2 Å². The van der Waals surface area contributed by atoms with E-state index in [1.165, 1.54) is 13.2 Å².